The van der Waals surface area contributed by atoms with Crippen LogP contribution in [0.3, 0.4) is 0 Å². The van der Waals surface area contributed by atoms with Crippen molar-refractivity contribution in [2.24, 2.45) is 5.92 Å². The second kappa shape index (κ2) is 6.71. The number of halogens is 1. The van der Waals surface area contributed by atoms with E-state index in [1.165, 1.54) is 24.3 Å². The third kappa shape index (κ3) is 3.41. The number of carbonyl (C=O) groups is 1. The van der Waals surface area contributed by atoms with Crippen molar-refractivity contribution in [2.45, 2.75) is 12.5 Å². The fraction of sp³-hybridized carbons (Fsp3) is 0.316. The summed E-state index contributed by atoms with van der Waals surface area (Å²) in [6.45, 7) is 3.33. The molecule has 5 heteroatoms. The summed E-state index contributed by atoms with van der Waals surface area (Å²) in [5.41, 5.74) is 1.05. The number of hydrogen-bond donors (Lipinski definition) is 1. The molecule has 2 aliphatic rings. The van der Waals surface area contributed by atoms with Crippen LogP contribution < -0.4 is 5.32 Å². The Kier molecular flexibility index (Phi) is 4.44. The zero-order valence-electron chi connectivity index (χ0n) is 13.2. The Hall–Kier alpha value is -1.62. The molecular formula is C19H19ClN2OS. The molecule has 1 aromatic carbocycles. The number of rotatable bonds is 4. The summed E-state index contributed by atoms with van der Waals surface area (Å²) in [5.74, 6) is 0.692. The minimum absolute atomic E-state index is 0.0566. The standard InChI is InChI=1S/C19H19ClN2OS/c20-15-3-1-2-13(10-15)4-5-16-6-7-18(24-16)19(23)21-17-12-22-9-8-14(17)11-22/h1-7,10,14,17H,8-9,11-12H2,(H,21,23). The minimum atomic E-state index is 0.0566. The topological polar surface area (TPSA) is 32.3 Å². The highest BCUT2D eigenvalue weighted by atomic mass is 35.5. The van der Waals surface area contributed by atoms with Crippen LogP contribution in [0.25, 0.3) is 12.2 Å². The number of thiophene rings is 1. The lowest BCUT2D eigenvalue weighted by Gasteiger charge is -2.22. The third-order valence-electron chi connectivity index (χ3n) is 4.79. The maximum absolute atomic E-state index is 12.4. The fourth-order valence-electron chi connectivity index (χ4n) is 3.54. The average Bonchev–Trinajstić information content (AvgIpc) is 3.29. The zero-order valence-corrected chi connectivity index (χ0v) is 14.8. The summed E-state index contributed by atoms with van der Waals surface area (Å²) in [7, 11) is 0. The van der Waals surface area contributed by atoms with Gasteiger partial charge in [-0.2, -0.15) is 0 Å². The molecule has 0 radical (unpaired) electrons. The van der Waals surface area contributed by atoms with Crippen LogP contribution in [0.5, 0.6) is 0 Å². The molecule has 2 fully saturated rings. The third-order valence-corrected chi connectivity index (χ3v) is 6.07. The maximum Gasteiger partial charge on any atom is 0.261 e. The highest BCUT2D eigenvalue weighted by Gasteiger charge is 2.38. The van der Waals surface area contributed by atoms with Crippen molar-refractivity contribution in [2.75, 3.05) is 19.6 Å². The lowest BCUT2D eigenvalue weighted by atomic mass is 10.00. The molecule has 2 saturated heterocycles. The summed E-state index contributed by atoms with van der Waals surface area (Å²) >= 11 is 7.51. The van der Waals surface area contributed by atoms with Crippen LogP contribution in [0, 0.1) is 5.92 Å². The second-order valence-electron chi connectivity index (χ2n) is 6.48. The normalized spacial score (nSPS) is 25.5. The lowest BCUT2D eigenvalue weighted by Crippen LogP contribution is -2.42. The number of hydrogen-bond acceptors (Lipinski definition) is 3. The van der Waals surface area contributed by atoms with Gasteiger partial charge in [-0.3, -0.25) is 4.79 Å². The van der Waals surface area contributed by atoms with Gasteiger partial charge in [0.05, 0.1) is 4.88 Å². The van der Waals surface area contributed by atoms with Gasteiger partial charge in [0.2, 0.25) is 0 Å². The Morgan fingerprint density at radius 3 is 2.92 bits per heavy atom. The van der Waals surface area contributed by atoms with Crippen molar-refractivity contribution in [3.8, 4) is 0 Å². The first-order valence-electron chi connectivity index (χ1n) is 8.24. The van der Waals surface area contributed by atoms with Gasteiger partial charge in [0.25, 0.3) is 5.91 Å². The molecule has 2 aliphatic heterocycles. The van der Waals surface area contributed by atoms with Crippen LogP contribution in [0.15, 0.2) is 36.4 Å². The van der Waals surface area contributed by atoms with E-state index in [1.807, 2.05) is 48.6 Å². The first kappa shape index (κ1) is 15.9. The molecule has 3 atom stereocenters. The van der Waals surface area contributed by atoms with E-state index in [4.69, 9.17) is 11.6 Å². The molecular weight excluding hydrogens is 340 g/mol. The number of nitrogens with zero attached hydrogens (tertiary/aromatic N) is 1. The Balaban J connectivity index is 1.40. The number of amides is 1. The molecule has 3 nitrogen and oxygen atoms in total. The van der Waals surface area contributed by atoms with Gasteiger partial charge < -0.3 is 10.2 Å². The Bertz CT molecular complexity index is 785. The minimum Gasteiger partial charge on any atom is -0.347 e. The van der Waals surface area contributed by atoms with Crippen molar-refractivity contribution in [3.63, 3.8) is 0 Å². The average molecular weight is 359 g/mol. The van der Waals surface area contributed by atoms with Gasteiger partial charge in [-0.05, 0) is 54.8 Å². The summed E-state index contributed by atoms with van der Waals surface area (Å²) in [6, 6.07) is 11.9. The molecule has 2 bridgehead atoms. The van der Waals surface area contributed by atoms with Gasteiger partial charge in [0.15, 0.2) is 0 Å². The largest absolute Gasteiger partial charge is 0.347 e. The van der Waals surface area contributed by atoms with Gasteiger partial charge in [-0.1, -0.05) is 29.8 Å². The predicted molar refractivity (Wildman–Crippen MR) is 101 cm³/mol. The predicted octanol–water partition coefficient (Wildman–Crippen LogP) is 4.01. The van der Waals surface area contributed by atoms with E-state index in [9.17, 15) is 4.79 Å². The van der Waals surface area contributed by atoms with Crippen LogP contribution in [0.4, 0.5) is 0 Å². The Morgan fingerprint density at radius 1 is 1.25 bits per heavy atom. The summed E-state index contributed by atoms with van der Waals surface area (Å²) in [5, 5.41) is 3.94. The number of benzene rings is 1. The van der Waals surface area contributed by atoms with Gasteiger partial charge in [0.1, 0.15) is 0 Å². The summed E-state index contributed by atoms with van der Waals surface area (Å²) in [4.78, 5) is 16.7. The summed E-state index contributed by atoms with van der Waals surface area (Å²) < 4.78 is 0. The van der Waals surface area contributed by atoms with Crippen molar-refractivity contribution < 1.29 is 4.79 Å². The highest BCUT2D eigenvalue weighted by molar-refractivity contribution is 7.14. The van der Waals surface area contributed by atoms with E-state index in [0.29, 0.717) is 12.0 Å². The van der Waals surface area contributed by atoms with Crippen molar-refractivity contribution in [1.29, 1.82) is 0 Å². The first-order valence-corrected chi connectivity index (χ1v) is 9.43. The van der Waals surface area contributed by atoms with Crippen molar-refractivity contribution in [1.82, 2.24) is 10.2 Å². The zero-order chi connectivity index (χ0) is 16.5. The number of nitrogens with one attached hydrogen (secondary N) is 1. The van der Waals surface area contributed by atoms with Crippen LogP contribution in [0.1, 0.15) is 26.5 Å². The van der Waals surface area contributed by atoms with Crippen LogP contribution in [0.2, 0.25) is 5.02 Å². The fourth-order valence-corrected chi connectivity index (χ4v) is 4.55. The van der Waals surface area contributed by atoms with Crippen molar-refractivity contribution >= 4 is 41.0 Å². The second-order valence-corrected chi connectivity index (χ2v) is 8.03. The molecule has 0 spiro atoms. The molecule has 124 valence electrons. The smallest absolute Gasteiger partial charge is 0.261 e. The number of fused-ring (bicyclic) bond motifs is 2. The van der Waals surface area contributed by atoms with Gasteiger partial charge in [0, 0.05) is 29.0 Å². The van der Waals surface area contributed by atoms with E-state index >= 15 is 0 Å². The molecule has 1 amide bonds. The van der Waals surface area contributed by atoms with E-state index in [-0.39, 0.29) is 5.91 Å². The SMILES string of the molecule is O=C(NC1CN2CCC1C2)c1ccc(C=Cc2cccc(Cl)c2)s1. The Labute approximate surface area is 150 Å². The van der Waals surface area contributed by atoms with E-state index < -0.39 is 0 Å². The lowest BCUT2D eigenvalue weighted by molar-refractivity contribution is 0.0928. The molecule has 4 rings (SSSR count). The van der Waals surface area contributed by atoms with Crippen LogP contribution in [-0.4, -0.2) is 36.5 Å². The molecule has 1 aromatic heterocycles. The van der Waals surface area contributed by atoms with Gasteiger partial charge in [-0.15, -0.1) is 11.3 Å². The summed E-state index contributed by atoms with van der Waals surface area (Å²) in [6.07, 6.45) is 5.25. The van der Waals surface area contributed by atoms with Crippen molar-refractivity contribution in [3.05, 3.63) is 56.7 Å². The molecule has 0 saturated carbocycles. The molecule has 1 N–H and O–H groups in total. The van der Waals surface area contributed by atoms with E-state index in [2.05, 4.69) is 10.2 Å². The molecule has 2 aromatic rings. The molecule has 0 aliphatic carbocycles. The first-order chi connectivity index (χ1) is 11.7. The number of piperidine rings is 1. The molecule has 3 heterocycles. The van der Waals surface area contributed by atoms with Gasteiger partial charge in [-0.25, -0.2) is 0 Å². The number of carbonyl (C=O) groups excluding carboxylic acids is 1. The Morgan fingerprint density at radius 2 is 2.17 bits per heavy atom. The highest BCUT2D eigenvalue weighted by Crippen LogP contribution is 2.28. The quantitative estimate of drug-likeness (QED) is 0.895. The molecule has 3 unspecified atom stereocenters. The van der Waals surface area contributed by atoms with Crippen LogP contribution >= 0.6 is 22.9 Å². The van der Waals surface area contributed by atoms with E-state index in [0.717, 1.165) is 33.4 Å². The molecule has 24 heavy (non-hydrogen) atoms. The van der Waals surface area contributed by atoms with Gasteiger partial charge >= 0.3 is 0 Å². The van der Waals surface area contributed by atoms with E-state index in [1.54, 1.807) is 0 Å². The maximum atomic E-state index is 12.4. The van der Waals surface area contributed by atoms with Crippen LogP contribution in [-0.2, 0) is 0 Å². The monoisotopic (exact) mass is 358 g/mol.